The highest BCUT2D eigenvalue weighted by molar-refractivity contribution is 7.48. The third-order valence-corrected chi connectivity index (χ3v) is 5.98. The largest absolute Gasteiger partial charge is 0.584 e. The van der Waals surface area contributed by atoms with E-state index in [0.29, 0.717) is 23.3 Å². The Hall–Kier alpha value is -1.77. The van der Waals surface area contributed by atoms with E-state index in [1.54, 1.807) is 0 Å². The third-order valence-electron chi connectivity index (χ3n) is 5.16. The summed E-state index contributed by atoms with van der Waals surface area (Å²) in [7, 11) is -4.28. The van der Waals surface area contributed by atoms with E-state index in [1.807, 2.05) is 26.0 Å². The van der Waals surface area contributed by atoms with Crippen LogP contribution in [0.5, 0.6) is 11.5 Å². The van der Waals surface area contributed by atoms with Crippen LogP contribution in [-0.4, -0.2) is 4.89 Å². The first-order valence-corrected chi connectivity index (χ1v) is 11.1. The molecule has 0 bridgehead atoms. The smallest absolute Gasteiger partial charge is 0.395 e. The maximum absolute atomic E-state index is 12.7. The molecule has 0 aromatic heterocycles. The molecule has 3 rings (SSSR count). The van der Waals surface area contributed by atoms with Crippen LogP contribution in [0.15, 0.2) is 24.3 Å². The van der Waals surface area contributed by atoms with Crippen LogP contribution in [0.2, 0.25) is 0 Å². The first kappa shape index (κ1) is 20.0. The molecule has 27 heavy (non-hydrogen) atoms. The number of rotatable bonds is 2. The summed E-state index contributed by atoms with van der Waals surface area (Å²) in [4.78, 5) is 10.4. The summed E-state index contributed by atoms with van der Waals surface area (Å²) in [6.45, 7) is 12.4. The minimum atomic E-state index is -4.28. The van der Waals surface area contributed by atoms with Crippen LogP contribution in [-0.2, 0) is 17.4 Å². The van der Waals surface area contributed by atoms with Crippen molar-refractivity contribution >= 4 is 7.82 Å². The molecule has 1 aliphatic rings. The van der Waals surface area contributed by atoms with Crippen molar-refractivity contribution in [1.82, 2.24) is 0 Å². The van der Waals surface area contributed by atoms with E-state index in [0.717, 1.165) is 35.1 Å². The predicted molar refractivity (Wildman–Crippen MR) is 109 cm³/mol. The molecule has 2 aromatic carbocycles. The molecule has 1 aliphatic heterocycles. The number of hydrogen-bond donors (Lipinski definition) is 1. The first-order valence-electron chi connectivity index (χ1n) is 9.56. The summed E-state index contributed by atoms with van der Waals surface area (Å²) in [5, 5.41) is 0. The molecule has 0 fully saturated rings. The van der Waals surface area contributed by atoms with Gasteiger partial charge in [0.2, 0.25) is 0 Å². The predicted octanol–water partition coefficient (Wildman–Crippen LogP) is 6.21. The Kier molecular flexibility index (Phi) is 5.42. The minimum Gasteiger partial charge on any atom is -0.395 e. The van der Waals surface area contributed by atoms with E-state index < -0.39 is 7.82 Å². The van der Waals surface area contributed by atoms with Crippen molar-refractivity contribution in [2.45, 2.75) is 66.2 Å². The number of aryl methyl sites for hydroxylation is 4. The van der Waals surface area contributed by atoms with Crippen molar-refractivity contribution in [3.63, 3.8) is 0 Å². The SMILES string of the molecule is Cc1cc(C(C)C)cc2c1OP(=O)(O)Oc1c(C)cc(C(C)C)cc1CC2. The van der Waals surface area contributed by atoms with Crippen molar-refractivity contribution < 1.29 is 18.5 Å². The van der Waals surface area contributed by atoms with Crippen LogP contribution in [0.1, 0.15) is 72.9 Å². The van der Waals surface area contributed by atoms with Gasteiger partial charge in [0.1, 0.15) is 11.5 Å². The normalized spacial score (nSPS) is 15.9. The number of phosphoric ester groups is 1. The molecule has 0 saturated carbocycles. The molecule has 146 valence electrons. The zero-order valence-electron chi connectivity index (χ0n) is 17.0. The van der Waals surface area contributed by atoms with Crippen LogP contribution in [0.4, 0.5) is 0 Å². The van der Waals surface area contributed by atoms with Gasteiger partial charge in [0.15, 0.2) is 0 Å². The fourth-order valence-electron chi connectivity index (χ4n) is 3.57. The number of benzene rings is 2. The Morgan fingerprint density at radius 3 is 1.52 bits per heavy atom. The second kappa shape index (κ2) is 7.33. The van der Waals surface area contributed by atoms with Gasteiger partial charge in [-0.05, 0) is 71.9 Å². The Balaban J connectivity index is 2.15. The van der Waals surface area contributed by atoms with Crippen molar-refractivity contribution in [3.05, 3.63) is 57.6 Å². The summed E-state index contributed by atoms with van der Waals surface area (Å²) >= 11 is 0. The van der Waals surface area contributed by atoms with E-state index in [1.165, 1.54) is 11.1 Å². The molecule has 4 nitrogen and oxygen atoms in total. The van der Waals surface area contributed by atoms with Crippen LogP contribution in [0.3, 0.4) is 0 Å². The number of phosphoric acid groups is 1. The highest BCUT2D eigenvalue weighted by Crippen LogP contribution is 2.50. The van der Waals surface area contributed by atoms with Gasteiger partial charge in [-0.15, -0.1) is 0 Å². The van der Waals surface area contributed by atoms with Gasteiger partial charge in [-0.1, -0.05) is 52.0 Å². The van der Waals surface area contributed by atoms with Gasteiger partial charge in [-0.25, -0.2) is 4.57 Å². The molecule has 0 unspecified atom stereocenters. The standard InChI is InChI=1S/C22H29O4P/c1-13(2)19-9-15(5)21-17(11-19)7-8-18-12-20(14(3)4)10-16(6)22(18)26-27(23,24)25-21/h9-14H,7-8H2,1-6H3,(H,23,24). The van der Waals surface area contributed by atoms with Crippen molar-refractivity contribution in [2.24, 2.45) is 0 Å². The van der Waals surface area contributed by atoms with Gasteiger partial charge < -0.3 is 9.05 Å². The summed E-state index contributed by atoms with van der Waals surface area (Å²) in [6, 6.07) is 8.24. The molecule has 1 heterocycles. The van der Waals surface area contributed by atoms with Crippen LogP contribution in [0.25, 0.3) is 0 Å². The molecule has 0 saturated heterocycles. The topological polar surface area (TPSA) is 55.8 Å². The second-order valence-electron chi connectivity index (χ2n) is 8.11. The number of fused-ring (bicyclic) bond motifs is 2. The second-order valence-corrected chi connectivity index (χ2v) is 9.41. The van der Waals surface area contributed by atoms with Crippen molar-refractivity contribution in [2.75, 3.05) is 0 Å². The molecule has 5 heteroatoms. The van der Waals surface area contributed by atoms with E-state index >= 15 is 0 Å². The maximum atomic E-state index is 12.7. The van der Waals surface area contributed by atoms with Gasteiger partial charge >= 0.3 is 7.82 Å². The van der Waals surface area contributed by atoms with Crippen molar-refractivity contribution in [3.8, 4) is 11.5 Å². The third kappa shape index (κ3) is 4.23. The Morgan fingerprint density at radius 1 is 0.815 bits per heavy atom. The zero-order valence-corrected chi connectivity index (χ0v) is 17.9. The van der Waals surface area contributed by atoms with Crippen LogP contribution < -0.4 is 9.05 Å². The highest BCUT2D eigenvalue weighted by atomic mass is 31.2. The molecule has 1 N–H and O–H groups in total. The fraction of sp³-hybridized carbons (Fsp3) is 0.455. The average molecular weight is 388 g/mol. The molecular weight excluding hydrogens is 359 g/mol. The lowest BCUT2D eigenvalue weighted by molar-refractivity contribution is 0.289. The highest BCUT2D eigenvalue weighted by Gasteiger charge is 2.31. The maximum Gasteiger partial charge on any atom is 0.584 e. The van der Waals surface area contributed by atoms with Crippen LogP contribution in [0, 0.1) is 13.8 Å². The summed E-state index contributed by atoms with van der Waals surface area (Å²) in [5.41, 5.74) is 6.04. The zero-order chi connectivity index (χ0) is 19.9. The van der Waals surface area contributed by atoms with Gasteiger partial charge in [-0.2, -0.15) is 0 Å². The van der Waals surface area contributed by atoms with E-state index in [9.17, 15) is 9.46 Å². The van der Waals surface area contributed by atoms with Gasteiger partial charge in [0, 0.05) is 0 Å². The summed E-state index contributed by atoms with van der Waals surface area (Å²) in [5.74, 6) is 1.70. The van der Waals surface area contributed by atoms with Gasteiger partial charge in [-0.3, -0.25) is 4.89 Å². The molecule has 0 aliphatic carbocycles. The van der Waals surface area contributed by atoms with E-state index in [2.05, 4.69) is 39.8 Å². The Labute approximate surface area is 162 Å². The molecule has 0 spiro atoms. The Morgan fingerprint density at radius 2 is 1.19 bits per heavy atom. The quantitative estimate of drug-likeness (QED) is 0.622. The van der Waals surface area contributed by atoms with Gasteiger partial charge in [0.25, 0.3) is 0 Å². The molecule has 0 atom stereocenters. The number of hydrogen-bond acceptors (Lipinski definition) is 3. The lowest BCUT2D eigenvalue weighted by atomic mass is 9.92. The lowest BCUT2D eigenvalue weighted by Gasteiger charge is -2.20. The van der Waals surface area contributed by atoms with Crippen LogP contribution >= 0.6 is 7.82 Å². The molecule has 2 aromatic rings. The lowest BCUT2D eigenvalue weighted by Crippen LogP contribution is -2.04. The minimum absolute atomic E-state index is 0.376. The Bertz CT molecular complexity index is 844. The molecular formula is C22H29O4P. The molecule has 0 amide bonds. The van der Waals surface area contributed by atoms with Gasteiger partial charge in [0.05, 0.1) is 0 Å². The summed E-state index contributed by atoms with van der Waals surface area (Å²) < 4.78 is 23.8. The van der Waals surface area contributed by atoms with Crippen molar-refractivity contribution in [1.29, 1.82) is 0 Å². The first-order chi connectivity index (χ1) is 12.6. The average Bonchev–Trinajstić information content (AvgIpc) is 2.61. The monoisotopic (exact) mass is 388 g/mol. The van der Waals surface area contributed by atoms with E-state index in [4.69, 9.17) is 9.05 Å². The fourth-order valence-corrected chi connectivity index (χ4v) is 4.59. The van der Waals surface area contributed by atoms with E-state index in [-0.39, 0.29) is 0 Å². The summed E-state index contributed by atoms with van der Waals surface area (Å²) in [6.07, 6.45) is 1.46. The molecule has 0 radical (unpaired) electrons.